The Balaban J connectivity index is 1.69. The number of benzene rings is 2. The second-order valence-corrected chi connectivity index (χ2v) is 9.02. The van der Waals surface area contributed by atoms with Crippen LogP contribution in [0.1, 0.15) is 46.9 Å². The lowest BCUT2D eigenvalue weighted by molar-refractivity contribution is -0.154. The number of ether oxygens (including phenoxy) is 1. The predicted octanol–water partition coefficient (Wildman–Crippen LogP) is 4.01. The number of carbonyl (C=O) groups excluding carboxylic acids is 4. The molecular weight excluding hydrogens is 444 g/mol. The van der Waals surface area contributed by atoms with Gasteiger partial charge in [-0.25, -0.2) is 5.01 Å². The van der Waals surface area contributed by atoms with Gasteiger partial charge in [0.15, 0.2) is 5.78 Å². The molecule has 1 aliphatic heterocycles. The summed E-state index contributed by atoms with van der Waals surface area (Å²) in [5.41, 5.74) is 0.448. The summed E-state index contributed by atoms with van der Waals surface area (Å²) in [6.45, 7) is 1.58. The normalized spacial score (nSPS) is 22.2. The molecule has 7 nitrogen and oxygen atoms in total. The number of rotatable bonds is 6. The van der Waals surface area contributed by atoms with Gasteiger partial charge in [-0.15, -0.1) is 0 Å². The highest BCUT2D eigenvalue weighted by Gasteiger charge is 2.52. The Morgan fingerprint density at radius 2 is 1.70 bits per heavy atom. The predicted molar refractivity (Wildman–Crippen MR) is 122 cm³/mol. The molecule has 3 atom stereocenters. The van der Waals surface area contributed by atoms with Crippen LogP contribution in [0.4, 0.5) is 0 Å². The zero-order valence-electron chi connectivity index (χ0n) is 18.5. The molecule has 8 heteroatoms. The van der Waals surface area contributed by atoms with Crippen LogP contribution < -0.4 is 4.74 Å². The van der Waals surface area contributed by atoms with Crippen LogP contribution in [0.3, 0.4) is 0 Å². The third kappa shape index (κ3) is 4.37. The molecule has 1 heterocycles. The van der Waals surface area contributed by atoms with Crippen molar-refractivity contribution in [3.8, 4) is 5.75 Å². The van der Waals surface area contributed by atoms with Crippen molar-refractivity contribution in [1.29, 1.82) is 0 Å². The van der Waals surface area contributed by atoms with Crippen LogP contribution in [0.2, 0.25) is 5.02 Å². The van der Waals surface area contributed by atoms with Crippen LogP contribution in [-0.2, 0) is 9.59 Å². The number of Topliss-reactive ketones (excluding diaryl/α,β-unsaturated/α-hetero) is 1. The number of hydrazine groups is 1. The molecular formula is C25H25ClN2O5. The fourth-order valence-electron chi connectivity index (χ4n) is 4.62. The summed E-state index contributed by atoms with van der Waals surface area (Å²) in [5, 5.41) is 2.02. The van der Waals surface area contributed by atoms with Crippen LogP contribution in [-0.4, -0.2) is 47.2 Å². The minimum absolute atomic E-state index is 0.116. The molecule has 0 spiro atoms. The highest BCUT2D eigenvalue weighted by Crippen LogP contribution is 2.41. The smallest absolute Gasteiger partial charge is 0.274 e. The average Bonchev–Trinajstić information content (AvgIpc) is 3.06. The van der Waals surface area contributed by atoms with Crippen LogP contribution in [0.5, 0.6) is 5.75 Å². The number of amides is 3. The average molecular weight is 469 g/mol. The van der Waals surface area contributed by atoms with Crippen molar-refractivity contribution in [2.75, 3.05) is 13.7 Å². The zero-order valence-corrected chi connectivity index (χ0v) is 19.2. The molecule has 0 unspecified atom stereocenters. The Bertz CT molecular complexity index is 1100. The molecule has 1 saturated heterocycles. The molecule has 1 aliphatic carbocycles. The second-order valence-electron chi connectivity index (χ2n) is 8.61. The van der Waals surface area contributed by atoms with E-state index in [1.54, 1.807) is 42.5 Å². The summed E-state index contributed by atoms with van der Waals surface area (Å²) in [7, 11) is 1.52. The summed E-state index contributed by atoms with van der Waals surface area (Å²) >= 11 is 6.24. The molecule has 0 aromatic heterocycles. The van der Waals surface area contributed by atoms with Gasteiger partial charge in [-0.3, -0.25) is 19.2 Å². The molecule has 2 aromatic carbocycles. The van der Waals surface area contributed by atoms with E-state index in [1.165, 1.54) is 13.2 Å². The minimum atomic E-state index is -0.671. The summed E-state index contributed by atoms with van der Waals surface area (Å²) < 4.78 is 5.12. The lowest BCUT2D eigenvalue weighted by Crippen LogP contribution is -2.52. The van der Waals surface area contributed by atoms with Crippen molar-refractivity contribution in [2.24, 2.45) is 17.8 Å². The van der Waals surface area contributed by atoms with Gasteiger partial charge in [0.05, 0.1) is 29.5 Å². The van der Waals surface area contributed by atoms with Crippen molar-refractivity contribution in [1.82, 2.24) is 10.0 Å². The minimum Gasteiger partial charge on any atom is -0.497 e. The first-order valence-corrected chi connectivity index (χ1v) is 11.3. The van der Waals surface area contributed by atoms with Gasteiger partial charge in [0.1, 0.15) is 12.3 Å². The summed E-state index contributed by atoms with van der Waals surface area (Å²) in [6, 6.07) is 12.8. The molecule has 0 radical (unpaired) electrons. The molecule has 2 aromatic rings. The third-order valence-electron chi connectivity index (χ3n) is 6.45. The maximum absolute atomic E-state index is 13.5. The first-order chi connectivity index (χ1) is 15.8. The van der Waals surface area contributed by atoms with E-state index in [2.05, 4.69) is 6.92 Å². The maximum atomic E-state index is 13.5. The lowest BCUT2D eigenvalue weighted by atomic mass is 9.76. The van der Waals surface area contributed by atoms with Gasteiger partial charge in [0.25, 0.3) is 17.7 Å². The van der Waals surface area contributed by atoms with Crippen molar-refractivity contribution in [3.63, 3.8) is 0 Å². The number of methoxy groups -OCH3 is 1. The zero-order chi connectivity index (χ0) is 23.7. The van der Waals surface area contributed by atoms with Crippen LogP contribution in [0, 0.1) is 17.8 Å². The summed E-state index contributed by atoms with van der Waals surface area (Å²) in [4.78, 5) is 53.2. The van der Waals surface area contributed by atoms with E-state index in [9.17, 15) is 19.2 Å². The number of hydrogen-bond acceptors (Lipinski definition) is 5. The quantitative estimate of drug-likeness (QED) is 0.472. The molecule has 172 valence electrons. The highest BCUT2D eigenvalue weighted by molar-refractivity contribution is 6.34. The molecule has 4 rings (SSSR count). The third-order valence-corrected chi connectivity index (χ3v) is 6.78. The Morgan fingerprint density at radius 3 is 2.36 bits per heavy atom. The van der Waals surface area contributed by atoms with Gasteiger partial charge in [-0.1, -0.05) is 30.7 Å². The number of fused-ring (bicyclic) bond motifs is 1. The molecule has 1 saturated carbocycles. The van der Waals surface area contributed by atoms with Crippen LogP contribution in [0.25, 0.3) is 0 Å². The monoisotopic (exact) mass is 468 g/mol. The van der Waals surface area contributed by atoms with E-state index in [0.717, 1.165) is 16.4 Å². The molecule has 33 heavy (non-hydrogen) atoms. The van der Waals surface area contributed by atoms with E-state index in [-0.39, 0.29) is 10.6 Å². The lowest BCUT2D eigenvalue weighted by Gasteiger charge is -2.30. The number of halogens is 1. The number of hydrogen-bond donors (Lipinski definition) is 0. The van der Waals surface area contributed by atoms with Crippen molar-refractivity contribution >= 4 is 35.1 Å². The van der Waals surface area contributed by atoms with Crippen molar-refractivity contribution in [2.45, 2.75) is 26.2 Å². The van der Waals surface area contributed by atoms with E-state index in [1.807, 2.05) is 0 Å². The van der Waals surface area contributed by atoms with Gasteiger partial charge in [-0.05, 0) is 61.6 Å². The fourth-order valence-corrected chi connectivity index (χ4v) is 4.84. The topological polar surface area (TPSA) is 84.0 Å². The standard InChI is InChI=1S/C25H25ClN2O5/c1-15-7-12-18-20(13-15)25(32)28(24(18)31)27(23(30)19-5-3-4-6-21(19)26)14-22(29)16-8-10-17(33-2)11-9-16/h3-6,8-11,15,18,20H,7,12-14H2,1-2H3/t15-,18+,20+/m0/s1. The highest BCUT2D eigenvalue weighted by atomic mass is 35.5. The number of ketones is 1. The number of carbonyl (C=O) groups is 4. The Hall–Kier alpha value is -3.19. The van der Waals surface area contributed by atoms with Gasteiger partial charge in [0, 0.05) is 5.56 Å². The Labute approximate surface area is 197 Å². The SMILES string of the molecule is COc1ccc(C(=O)CN(C(=O)c2ccccc2Cl)N2C(=O)[C@@H]3CC[C@H](C)C[C@H]3C2=O)cc1. The van der Waals surface area contributed by atoms with Crippen molar-refractivity contribution in [3.05, 3.63) is 64.7 Å². The van der Waals surface area contributed by atoms with E-state index >= 15 is 0 Å². The fraction of sp³-hybridized carbons (Fsp3) is 0.360. The second kappa shape index (κ2) is 9.35. The first kappa shape index (κ1) is 23.0. The van der Waals surface area contributed by atoms with Gasteiger partial charge < -0.3 is 4.74 Å². The van der Waals surface area contributed by atoms with Crippen molar-refractivity contribution < 1.29 is 23.9 Å². The largest absolute Gasteiger partial charge is 0.497 e. The van der Waals surface area contributed by atoms with E-state index in [0.29, 0.717) is 30.1 Å². The Kier molecular flexibility index (Phi) is 6.51. The van der Waals surface area contributed by atoms with Gasteiger partial charge in [-0.2, -0.15) is 5.01 Å². The molecule has 2 aliphatic rings. The van der Waals surface area contributed by atoms with Gasteiger partial charge >= 0.3 is 0 Å². The number of nitrogens with zero attached hydrogens (tertiary/aromatic N) is 2. The summed E-state index contributed by atoms with van der Waals surface area (Å²) in [6.07, 6.45) is 2.02. The Morgan fingerprint density at radius 1 is 1.03 bits per heavy atom. The van der Waals surface area contributed by atoms with E-state index in [4.69, 9.17) is 16.3 Å². The molecule has 0 bridgehead atoms. The number of imide groups is 1. The molecule has 2 fully saturated rings. The first-order valence-electron chi connectivity index (χ1n) is 10.9. The summed E-state index contributed by atoms with van der Waals surface area (Å²) in [5.74, 6) is -1.99. The van der Waals surface area contributed by atoms with Gasteiger partial charge in [0.2, 0.25) is 0 Å². The maximum Gasteiger partial charge on any atom is 0.274 e. The molecule has 0 N–H and O–H groups in total. The van der Waals surface area contributed by atoms with Crippen LogP contribution in [0.15, 0.2) is 48.5 Å². The van der Waals surface area contributed by atoms with Crippen LogP contribution >= 0.6 is 11.6 Å². The van der Waals surface area contributed by atoms with E-state index < -0.39 is 41.9 Å². The molecule has 3 amide bonds.